The molecule has 0 atom stereocenters. The molecule has 7 nitrogen and oxygen atoms in total. The second-order valence-corrected chi connectivity index (χ2v) is 7.43. The molecular formula is C20H23ClN6O. The van der Waals surface area contributed by atoms with E-state index in [0.29, 0.717) is 29.5 Å². The van der Waals surface area contributed by atoms with Crippen molar-refractivity contribution in [2.24, 2.45) is 0 Å². The van der Waals surface area contributed by atoms with Gasteiger partial charge < -0.3 is 9.88 Å². The van der Waals surface area contributed by atoms with Crippen molar-refractivity contribution in [3.05, 3.63) is 64.0 Å². The number of aryl methyl sites for hydroxylation is 2. The third-order valence-electron chi connectivity index (χ3n) is 5.06. The number of benzene rings is 1. The van der Waals surface area contributed by atoms with E-state index in [2.05, 4.69) is 25.2 Å². The normalized spacial score (nSPS) is 13.8. The van der Waals surface area contributed by atoms with Crippen molar-refractivity contribution in [3.63, 3.8) is 0 Å². The second-order valence-electron chi connectivity index (χ2n) is 7.07. The molecule has 0 saturated carbocycles. The van der Waals surface area contributed by atoms with Crippen LogP contribution in [-0.2, 0) is 26.1 Å². The van der Waals surface area contributed by atoms with Gasteiger partial charge in [0.2, 0.25) is 0 Å². The summed E-state index contributed by atoms with van der Waals surface area (Å²) >= 11 is 6.48. The lowest BCUT2D eigenvalue weighted by molar-refractivity contribution is 0.0949. The fourth-order valence-corrected chi connectivity index (χ4v) is 3.92. The van der Waals surface area contributed by atoms with Crippen LogP contribution in [0.1, 0.15) is 52.5 Å². The highest BCUT2D eigenvalue weighted by Crippen LogP contribution is 2.21. The molecular weight excluding hydrogens is 376 g/mol. The van der Waals surface area contributed by atoms with Crippen molar-refractivity contribution in [2.45, 2.75) is 52.2 Å². The van der Waals surface area contributed by atoms with Gasteiger partial charge in [-0.25, -0.2) is 4.68 Å². The van der Waals surface area contributed by atoms with Crippen molar-refractivity contribution in [2.75, 3.05) is 0 Å². The molecule has 2 aromatic heterocycles. The molecule has 0 aliphatic carbocycles. The maximum absolute atomic E-state index is 12.8. The maximum atomic E-state index is 12.8. The van der Waals surface area contributed by atoms with E-state index in [1.54, 1.807) is 11.6 Å². The summed E-state index contributed by atoms with van der Waals surface area (Å²) in [5.74, 6) is 1.55. The number of nitrogens with one attached hydrogen (secondary N) is 1. The van der Waals surface area contributed by atoms with Crippen LogP contribution in [0, 0.1) is 6.92 Å². The number of carbonyl (C=O) groups excluding carboxylic acids is 1. The van der Waals surface area contributed by atoms with Crippen LogP contribution in [-0.4, -0.2) is 30.5 Å². The van der Waals surface area contributed by atoms with E-state index >= 15 is 0 Å². The Labute approximate surface area is 168 Å². The van der Waals surface area contributed by atoms with Crippen LogP contribution in [0.3, 0.4) is 0 Å². The molecule has 3 heterocycles. The van der Waals surface area contributed by atoms with E-state index in [9.17, 15) is 4.79 Å². The van der Waals surface area contributed by atoms with Gasteiger partial charge in [-0.1, -0.05) is 48.4 Å². The molecule has 0 spiro atoms. The number of hydrogen-bond acceptors (Lipinski definition) is 4. The summed E-state index contributed by atoms with van der Waals surface area (Å²) in [6.45, 7) is 3.55. The second kappa shape index (κ2) is 8.14. The molecule has 3 aromatic rings. The first-order chi connectivity index (χ1) is 13.6. The summed E-state index contributed by atoms with van der Waals surface area (Å²) in [5, 5.41) is 16.2. The predicted molar refractivity (Wildman–Crippen MR) is 106 cm³/mol. The molecule has 1 aliphatic heterocycles. The van der Waals surface area contributed by atoms with Crippen LogP contribution in [0.25, 0.3) is 0 Å². The first kappa shape index (κ1) is 18.7. The van der Waals surface area contributed by atoms with Crippen LogP contribution in [0.4, 0.5) is 0 Å². The van der Waals surface area contributed by atoms with Gasteiger partial charge >= 0.3 is 0 Å². The molecule has 0 saturated heterocycles. The van der Waals surface area contributed by atoms with E-state index in [0.717, 1.165) is 43.0 Å². The summed E-state index contributed by atoms with van der Waals surface area (Å²) in [6, 6.07) is 9.90. The number of rotatable bonds is 5. The van der Waals surface area contributed by atoms with E-state index in [1.807, 2.05) is 30.3 Å². The van der Waals surface area contributed by atoms with Crippen LogP contribution < -0.4 is 5.32 Å². The van der Waals surface area contributed by atoms with E-state index < -0.39 is 0 Å². The fourth-order valence-electron chi connectivity index (χ4n) is 3.60. The molecule has 0 radical (unpaired) electrons. The molecule has 1 aromatic carbocycles. The van der Waals surface area contributed by atoms with Gasteiger partial charge in [-0.2, -0.15) is 5.10 Å². The molecule has 4 rings (SSSR count). The number of nitrogens with zero attached hydrogens (tertiary/aromatic N) is 5. The highest BCUT2D eigenvalue weighted by Gasteiger charge is 2.21. The number of amides is 1. The number of halogens is 1. The highest BCUT2D eigenvalue weighted by atomic mass is 35.5. The van der Waals surface area contributed by atoms with E-state index in [1.165, 1.54) is 6.42 Å². The van der Waals surface area contributed by atoms with Crippen molar-refractivity contribution in [1.29, 1.82) is 0 Å². The molecule has 1 amide bonds. The highest BCUT2D eigenvalue weighted by molar-refractivity contribution is 6.33. The molecule has 0 fully saturated rings. The molecule has 0 bridgehead atoms. The summed E-state index contributed by atoms with van der Waals surface area (Å²) in [5.41, 5.74) is 2.09. The van der Waals surface area contributed by atoms with Crippen molar-refractivity contribution < 1.29 is 4.79 Å². The lowest BCUT2D eigenvalue weighted by Crippen LogP contribution is -2.25. The minimum absolute atomic E-state index is 0.243. The molecule has 0 unspecified atom stereocenters. The first-order valence-electron chi connectivity index (χ1n) is 9.59. The zero-order valence-electron chi connectivity index (χ0n) is 15.9. The standard InChI is InChI=1S/C20H23ClN6O/c1-14-18(19(21)27(25-14)13-15-8-4-2-5-9-15)20(28)22-12-17-24-23-16-10-6-3-7-11-26(16)17/h2,4-5,8-9H,3,6-7,10-13H2,1H3,(H,22,28). The number of carbonyl (C=O) groups is 1. The molecule has 28 heavy (non-hydrogen) atoms. The summed E-state index contributed by atoms with van der Waals surface area (Å²) in [7, 11) is 0. The molecule has 1 N–H and O–H groups in total. The Morgan fingerprint density at radius 3 is 2.82 bits per heavy atom. The summed E-state index contributed by atoms with van der Waals surface area (Å²) in [4.78, 5) is 12.8. The van der Waals surface area contributed by atoms with Gasteiger partial charge in [0.25, 0.3) is 5.91 Å². The first-order valence-corrected chi connectivity index (χ1v) is 9.97. The smallest absolute Gasteiger partial charge is 0.256 e. The van der Waals surface area contributed by atoms with Gasteiger partial charge in [-0.05, 0) is 25.3 Å². The lowest BCUT2D eigenvalue weighted by Gasteiger charge is -2.08. The third-order valence-corrected chi connectivity index (χ3v) is 5.44. The zero-order chi connectivity index (χ0) is 19.5. The monoisotopic (exact) mass is 398 g/mol. The fraction of sp³-hybridized carbons (Fsp3) is 0.400. The van der Waals surface area contributed by atoms with Crippen molar-refractivity contribution in [3.8, 4) is 0 Å². The Morgan fingerprint density at radius 1 is 1.18 bits per heavy atom. The third kappa shape index (κ3) is 3.80. The van der Waals surface area contributed by atoms with Crippen molar-refractivity contribution in [1.82, 2.24) is 29.9 Å². The largest absolute Gasteiger partial charge is 0.345 e. The average Bonchev–Trinajstić information content (AvgIpc) is 3.09. The topological polar surface area (TPSA) is 77.6 Å². The van der Waals surface area contributed by atoms with Crippen LogP contribution in [0.15, 0.2) is 30.3 Å². The van der Waals surface area contributed by atoms with Crippen LogP contribution >= 0.6 is 11.6 Å². The number of aromatic nitrogens is 5. The lowest BCUT2D eigenvalue weighted by atomic mass is 10.2. The Balaban J connectivity index is 1.47. The molecule has 1 aliphatic rings. The predicted octanol–water partition coefficient (Wildman–Crippen LogP) is 3.14. The van der Waals surface area contributed by atoms with Gasteiger partial charge in [-0.15, -0.1) is 10.2 Å². The van der Waals surface area contributed by atoms with Gasteiger partial charge in [-0.3, -0.25) is 4.79 Å². The minimum atomic E-state index is -0.243. The van der Waals surface area contributed by atoms with Crippen molar-refractivity contribution >= 4 is 17.5 Å². The van der Waals surface area contributed by atoms with Gasteiger partial charge in [0.15, 0.2) is 5.82 Å². The average molecular weight is 399 g/mol. The Kier molecular flexibility index (Phi) is 5.43. The Bertz CT molecular complexity index is 978. The quantitative estimate of drug-likeness (QED) is 0.716. The van der Waals surface area contributed by atoms with Gasteiger partial charge in [0, 0.05) is 13.0 Å². The summed E-state index contributed by atoms with van der Waals surface area (Å²) in [6.07, 6.45) is 4.39. The molecule has 146 valence electrons. The minimum Gasteiger partial charge on any atom is -0.345 e. The number of fused-ring (bicyclic) bond motifs is 1. The van der Waals surface area contributed by atoms with E-state index in [4.69, 9.17) is 11.6 Å². The summed E-state index contributed by atoms with van der Waals surface area (Å²) < 4.78 is 3.78. The SMILES string of the molecule is Cc1nn(Cc2ccccc2)c(Cl)c1C(=O)NCc1nnc2n1CCCCC2. The van der Waals surface area contributed by atoms with E-state index in [-0.39, 0.29) is 5.91 Å². The number of hydrogen-bond donors (Lipinski definition) is 1. The van der Waals surface area contributed by atoms with Gasteiger partial charge in [0.1, 0.15) is 11.0 Å². The zero-order valence-corrected chi connectivity index (χ0v) is 16.6. The van der Waals surface area contributed by atoms with Gasteiger partial charge in [0.05, 0.1) is 24.3 Å². The Hall–Kier alpha value is -2.67. The van der Waals surface area contributed by atoms with Crippen LogP contribution in [0.2, 0.25) is 5.15 Å². The Morgan fingerprint density at radius 2 is 2.00 bits per heavy atom. The maximum Gasteiger partial charge on any atom is 0.256 e. The van der Waals surface area contributed by atoms with Crippen LogP contribution in [0.5, 0.6) is 0 Å². The molecule has 8 heteroatoms.